The molecule has 3 heteroatoms. The van der Waals surface area contributed by atoms with Gasteiger partial charge in [-0.25, -0.2) is 0 Å². The van der Waals surface area contributed by atoms with E-state index in [0.29, 0.717) is 18.1 Å². The fraction of sp³-hybridized carbons (Fsp3) is 0.417. The lowest BCUT2D eigenvalue weighted by molar-refractivity contribution is 0.0995. The molecule has 2 N–H and O–H groups in total. The predicted octanol–water partition coefficient (Wildman–Crippen LogP) is 2.06. The van der Waals surface area contributed by atoms with E-state index in [1.54, 1.807) is 13.2 Å². The van der Waals surface area contributed by atoms with E-state index in [2.05, 4.69) is 13.8 Å². The monoisotopic (exact) mass is 207 g/mol. The first kappa shape index (κ1) is 11.7. The number of carbonyl (C=O) groups excluding carboxylic acids is 1. The van der Waals surface area contributed by atoms with E-state index in [0.717, 1.165) is 5.56 Å². The summed E-state index contributed by atoms with van der Waals surface area (Å²) in [5.41, 5.74) is 7.86. The highest BCUT2D eigenvalue weighted by molar-refractivity contribution is 5.94. The van der Waals surface area contributed by atoms with E-state index in [1.165, 1.54) is 5.56 Å². The third kappa shape index (κ3) is 2.80. The first-order valence-corrected chi connectivity index (χ1v) is 4.97. The summed E-state index contributed by atoms with van der Waals surface area (Å²) in [6.07, 6.45) is 0. The van der Waals surface area contributed by atoms with Crippen molar-refractivity contribution in [3.05, 3.63) is 34.9 Å². The molecule has 1 aromatic rings. The Hall–Kier alpha value is -1.35. The van der Waals surface area contributed by atoms with Crippen molar-refractivity contribution >= 4 is 5.91 Å². The van der Waals surface area contributed by atoms with Crippen LogP contribution in [0, 0.1) is 0 Å². The molecular formula is C12H17NO2. The van der Waals surface area contributed by atoms with Crippen molar-refractivity contribution in [3.8, 4) is 0 Å². The van der Waals surface area contributed by atoms with Gasteiger partial charge in [-0.2, -0.15) is 0 Å². The Labute approximate surface area is 90.2 Å². The molecule has 82 valence electrons. The molecule has 0 radical (unpaired) electrons. The van der Waals surface area contributed by atoms with Gasteiger partial charge in [-0.05, 0) is 23.1 Å². The Balaban J connectivity index is 3.14. The Morgan fingerprint density at radius 2 is 2.13 bits per heavy atom. The number of benzene rings is 1. The molecule has 0 heterocycles. The molecule has 0 fully saturated rings. The van der Waals surface area contributed by atoms with Crippen LogP contribution >= 0.6 is 0 Å². The fourth-order valence-corrected chi connectivity index (χ4v) is 1.49. The van der Waals surface area contributed by atoms with E-state index in [-0.39, 0.29) is 0 Å². The van der Waals surface area contributed by atoms with Crippen LogP contribution in [0.5, 0.6) is 0 Å². The average molecular weight is 207 g/mol. The number of methoxy groups -OCH3 is 1. The van der Waals surface area contributed by atoms with Crippen molar-refractivity contribution in [2.75, 3.05) is 7.11 Å². The topological polar surface area (TPSA) is 52.3 Å². The van der Waals surface area contributed by atoms with E-state index in [1.807, 2.05) is 12.1 Å². The highest BCUT2D eigenvalue weighted by Gasteiger charge is 2.09. The number of rotatable bonds is 4. The van der Waals surface area contributed by atoms with Crippen LogP contribution in [0.4, 0.5) is 0 Å². The molecule has 0 spiro atoms. The molecule has 0 bridgehead atoms. The highest BCUT2D eigenvalue weighted by Crippen LogP contribution is 2.19. The van der Waals surface area contributed by atoms with E-state index < -0.39 is 5.91 Å². The van der Waals surface area contributed by atoms with Crippen molar-refractivity contribution in [3.63, 3.8) is 0 Å². The first-order chi connectivity index (χ1) is 7.06. The number of amides is 1. The second kappa shape index (κ2) is 4.94. The summed E-state index contributed by atoms with van der Waals surface area (Å²) in [5.74, 6) is 0.0277. The summed E-state index contributed by atoms with van der Waals surface area (Å²) in [7, 11) is 1.60. The Kier molecular flexibility index (Phi) is 3.86. The maximum absolute atomic E-state index is 11.1. The molecule has 0 saturated heterocycles. The highest BCUT2D eigenvalue weighted by atomic mass is 16.5. The van der Waals surface area contributed by atoms with Gasteiger partial charge in [-0.1, -0.05) is 26.0 Å². The van der Waals surface area contributed by atoms with Crippen molar-refractivity contribution in [1.29, 1.82) is 0 Å². The zero-order valence-corrected chi connectivity index (χ0v) is 9.41. The summed E-state index contributed by atoms with van der Waals surface area (Å²) in [6.45, 7) is 4.63. The molecule has 0 aliphatic rings. The van der Waals surface area contributed by atoms with Gasteiger partial charge >= 0.3 is 0 Å². The summed E-state index contributed by atoms with van der Waals surface area (Å²) in [6, 6.07) is 5.68. The number of ether oxygens (including phenoxy) is 1. The molecule has 3 nitrogen and oxygen atoms in total. The van der Waals surface area contributed by atoms with Gasteiger partial charge < -0.3 is 10.5 Å². The average Bonchev–Trinajstić information content (AvgIpc) is 2.17. The minimum Gasteiger partial charge on any atom is -0.380 e. The number of hydrogen-bond donors (Lipinski definition) is 1. The molecule has 0 aromatic heterocycles. The summed E-state index contributed by atoms with van der Waals surface area (Å²) in [4.78, 5) is 11.1. The van der Waals surface area contributed by atoms with Crippen LogP contribution in [0.25, 0.3) is 0 Å². The summed E-state index contributed by atoms with van der Waals surface area (Å²) >= 11 is 0. The van der Waals surface area contributed by atoms with Crippen LogP contribution in [0.15, 0.2) is 18.2 Å². The predicted molar refractivity (Wildman–Crippen MR) is 59.8 cm³/mol. The Morgan fingerprint density at radius 3 is 2.60 bits per heavy atom. The van der Waals surface area contributed by atoms with Gasteiger partial charge in [0.2, 0.25) is 5.91 Å². The molecule has 0 aliphatic carbocycles. The largest absolute Gasteiger partial charge is 0.380 e. The minimum atomic E-state index is -0.405. The second-order valence-corrected chi connectivity index (χ2v) is 3.87. The van der Waals surface area contributed by atoms with Crippen LogP contribution in [0.3, 0.4) is 0 Å². The number of hydrogen-bond acceptors (Lipinski definition) is 2. The number of carbonyl (C=O) groups is 1. The zero-order chi connectivity index (χ0) is 11.4. The van der Waals surface area contributed by atoms with Gasteiger partial charge in [0.25, 0.3) is 0 Å². The van der Waals surface area contributed by atoms with E-state index >= 15 is 0 Å². The van der Waals surface area contributed by atoms with Gasteiger partial charge in [-0.15, -0.1) is 0 Å². The van der Waals surface area contributed by atoms with Crippen molar-refractivity contribution in [2.24, 2.45) is 5.73 Å². The Bertz CT molecular complexity index is 359. The third-order valence-electron chi connectivity index (χ3n) is 2.36. The van der Waals surface area contributed by atoms with Crippen LogP contribution < -0.4 is 5.73 Å². The van der Waals surface area contributed by atoms with E-state index in [9.17, 15) is 4.79 Å². The van der Waals surface area contributed by atoms with Gasteiger partial charge in [0.05, 0.1) is 6.61 Å². The van der Waals surface area contributed by atoms with E-state index in [4.69, 9.17) is 10.5 Å². The van der Waals surface area contributed by atoms with Crippen molar-refractivity contribution in [1.82, 2.24) is 0 Å². The molecule has 0 aliphatic heterocycles. The van der Waals surface area contributed by atoms with Gasteiger partial charge in [0.15, 0.2) is 0 Å². The second-order valence-electron chi connectivity index (χ2n) is 3.87. The SMILES string of the molecule is COCc1cc(C(C)C)ccc1C(N)=O. The van der Waals surface area contributed by atoms with Crippen LogP contribution in [-0.4, -0.2) is 13.0 Å². The fourth-order valence-electron chi connectivity index (χ4n) is 1.49. The molecule has 0 saturated carbocycles. The normalized spacial score (nSPS) is 10.7. The van der Waals surface area contributed by atoms with Crippen LogP contribution in [0.1, 0.15) is 41.3 Å². The van der Waals surface area contributed by atoms with Crippen LogP contribution in [0.2, 0.25) is 0 Å². The molecule has 1 amide bonds. The summed E-state index contributed by atoms with van der Waals surface area (Å²) < 4.78 is 5.05. The first-order valence-electron chi connectivity index (χ1n) is 4.97. The lowest BCUT2D eigenvalue weighted by Gasteiger charge is -2.11. The van der Waals surface area contributed by atoms with Crippen molar-refractivity contribution in [2.45, 2.75) is 26.4 Å². The zero-order valence-electron chi connectivity index (χ0n) is 9.41. The standard InChI is InChI=1S/C12H17NO2/c1-8(2)9-4-5-11(12(13)14)10(6-9)7-15-3/h4-6,8H,7H2,1-3H3,(H2,13,14). The number of nitrogens with two attached hydrogens (primary N) is 1. The molecule has 0 atom stereocenters. The van der Waals surface area contributed by atoms with Gasteiger partial charge in [0, 0.05) is 12.7 Å². The Morgan fingerprint density at radius 1 is 1.47 bits per heavy atom. The van der Waals surface area contributed by atoms with Gasteiger partial charge in [-0.3, -0.25) is 4.79 Å². The van der Waals surface area contributed by atoms with Gasteiger partial charge in [0.1, 0.15) is 0 Å². The minimum absolute atomic E-state index is 0.405. The lowest BCUT2D eigenvalue weighted by Crippen LogP contribution is -2.14. The molecule has 0 unspecified atom stereocenters. The smallest absolute Gasteiger partial charge is 0.249 e. The molecule has 15 heavy (non-hydrogen) atoms. The molecular weight excluding hydrogens is 190 g/mol. The maximum Gasteiger partial charge on any atom is 0.249 e. The third-order valence-corrected chi connectivity index (χ3v) is 2.36. The number of primary amides is 1. The molecule has 1 rings (SSSR count). The summed E-state index contributed by atoms with van der Waals surface area (Å²) in [5, 5.41) is 0. The lowest BCUT2D eigenvalue weighted by atomic mass is 9.97. The van der Waals surface area contributed by atoms with Crippen molar-refractivity contribution < 1.29 is 9.53 Å². The maximum atomic E-state index is 11.1. The molecule has 1 aromatic carbocycles. The quantitative estimate of drug-likeness (QED) is 0.821. The van der Waals surface area contributed by atoms with Crippen LogP contribution in [-0.2, 0) is 11.3 Å².